The first kappa shape index (κ1) is 22.9. The van der Waals surface area contributed by atoms with Crippen molar-refractivity contribution in [2.75, 3.05) is 37.6 Å². The van der Waals surface area contributed by atoms with E-state index in [1.54, 1.807) is 0 Å². The molecule has 1 atom stereocenters. The Kier molecular flexibility index (Phi) is 7.79. The smallest absolute Gasteiger partial charge is 0.261 e. The maximum Gasteiger partial charge on any atom is 0.261 e. The fourth-order valence-corrected chi connectivity index (χ4v) is 4.20. The Labute approximate surface area is 183 Å². The lowest BCUT2D eigenvalue weighted by atomic mass is 10.0. The van der Waals surface area contributed by atoms with E-state index >= 15 is 0 Å². The summed E-state index contributed by atoms with van der Waals surface area (Å²) in [6.07, 6.45) is 4.34. The summed E-state index contributed by atoms with van der Waals surface area (Å²) in [5.74, 6) is -1.50. The number of unbranched alkanes of at least 4 members (excludes halogenated alkanes) is 2. The Hall–Kier alpha value is -2.74. The van der Waals surface area contributed by atoms with Crippen LogP contribution >= 0.6 is 0 Å². The highest BCUT2D eigenvalue weighted by molar-refractivity contribution is 6.07. The summed E-state index contributed by atoms with van der Waals surface area (Å²) in [5.41, 5.74) is 2.09. The van der Waals surface area contributed by atoms with Gasteiger partial charge in [0.2, 0.25) is 18.2 Å². The van der Waals surface area contributed by atoms with Crippen LogP contribution in [0.15, 0.2) is 18.2 Å². The molecule has 2 heterocycles. The maximum atomic E-state index is 13.2. The van der Waals surface area contributed by atoms with Crippen molar-refractivity contribution in [2.45, 2.75) is 52.0 Å². The summed E-state index contributed by atoms with van der Waals surface area (Å²) in [4.78, 5) is 54.1. The van der Waals surface area contributed by atoms with Gasteiger partial charge in [-0.25, -0.2) is 0 Å². The molecular formula is C23H32N4O4. The van der Waals surface area contributed by atoms with E-state index in [0.29, 0.717) is 12.0 Å². The molecule has 2 aliphatic rings. The van der Waals surface area contributed by atoms with Crippen LogP contribution in [0.4, 0.5) is 5.69 Å². The molecule has 0 saturated carbocycles. The fraction of sp³-hybridized carbons (Fsp3) is 0.565. The van der Waals surface area contributed by atoms with Crippen molar-refractivity contribution in [1.82, 2.24) is 15.1 Å². The minimum atomic E-state index is -0.961. The first-order valence-electron chi connectivity index (χ1n) is 11.1. The lowest BCUT2D eigenvalue weighted by molar-refractivity contribution is -0.139. The molecular weight excluding hydrogens is 396 g/mol. The van der Waals surface area contributed by atoms with Crippen LogP contribution in [0.2, 0.25) is 0 Å². The molecule has 2 fully saturated rings. The Morgan fingerprint density at radius 2 is 1.94 bits per heavy atom. The largest absolute Gasteiger partial charge is 0.369 e. The third-order valence-electron chi connectivity index (χ3n) is 6.16. The van der Waals surface area contributed by atoms with E-state index in [9.17, 15) is 19.2 Å². The van der Waals surface area contributed by atoms with E-state index in [2.05, 4.69) is 22.0 Å². The topological polar surface area (TPSA) is 90.0 Å². The highest BCUT2D eigenvalue weighted by atomic mass is 16.2. The minimum Gasteiger partial charge on any atom is -0.369 e. The molecule has 3 rings (SSSR count). The van der Waals surface area contributed by atoms with Gasteiger partial charge in [-0.05, 0) is 44.0 Å². The van der Waals surface area contributed by atoms with Gasteiger partial charge in [0.25, 0.3) is 5.91 Å². The third-order valence-corrected chi connectivity index (χ3v) is 6.16. The van der Waals surface area contributed by atoms with Crippen LogP contribution in [-0.2, 0) is 14.4 Å². The Bertz CT molecular complexity index is 833. The standard InChI is InChI=1S/C23H32N4O4/c1-3-4-5-10-25-11-13-26(14-12-25)18-7-6-17(2)19(15-18)23(31)27(16-28)20-8-9-21(29)24-22(20)30/h6-7,15-16,20H,3-5,8-14H2,1-2H3,(H,24,29,30). The van der Waals surface area contributed by atoms with Crippen molar-refractivity contribution < 1.29 is 19.2 Å². The predicted octanol–water partition coefficient (Wildman–Crippen LogP) is 1.71. The summed E-state index contributed by atoms with van der Waals surface area (Å²) in [6, 6.07) is 4.73. The average molecular weight is 429 g/mol. The van der Waals surface area contributed by atoms with Gasteiger partial charge in [0.1, 0.15) is 6.04 Å². The van der Waals surface area contributed by atoms with Crippen LogP contribution in [0.25, 0.3) is 0 Å². The lowest BCUT2D eigenvalue weighted by Crippen LogP contribution is -2.54. The summed E-state index contributed by atoms with van der Waals surface area (Å²) >= 11 is 0. The highest BCUT2D eigenvalue weighted by Crippen LogP contribution is 2.23. The number of carbonyl (C=O) groups excluding carboxylic acids is 4. The molecule has 2 saturated heterocycles. The Morgan fingerprint density at radius 3 is 2.58 bits per heavy atom. The van der Waals surface area contributed by atoms with Gasteiger partial charge in [-0.1, -0.05) is 25.8 Å². The second-order valence-corrected chi connectivity index (χ2v) is 8.32. The zero-order valence-corrected chi connectivity index (χ0v) is 18.4. The number of nitrogens with one attached hydrogen (secondary N) is 1. The minimum absolute atomic E-state index is 0.107. The molecule has 1 unspecified atom stereocenters. The number of carbonyl (C=O) groups is 4. The molecule has 0 bridgehead atoms. The maximum absolute atomic E-state index is 13.2. The average Bonchev–Trinajstić information content (AvgIpc) is 2.76. The van der Waals surface area contributed by atoms with Gasteiger partial charge in [-0.15, -0.1) is 0 Å². The molecule has 0 radical (unpaired) electrons. The molecule has 168 valence electrons. The van der Waals surface area contributed by atoms with E-state index in [0.717, 1.165) is 48.9 Å². The van der Waals surface area contributed by atoms with Gasteiger partial charge in [-0.3, -0.25) is 34.3 Å². The second-order valence-electron chi connectivity index (χ2n) is 8.32. The zero-order valence-electron chi connectivity index (χ0n) is 18.4. The summed E-state index contributed by atoms with van der Waals surface area (Å²) in [5, 5.41) is 2.21. The van der Waals surface area contributed by atoms with Crippen molar-refractivity contribution in [3.05, 3.63) is 29.3 Å². The van der Waals surface area contributed by atoms with Gasteiger partial charge in [0, 0.05) is 43.9 Å². The monoisotopic (exact) mass is 428 g/mol. The number of aryl methyl sites for hydroxylation is 1. The first-order chi connectivity index (χ1) is 14.9. The van der Waals surface area contributed by atoms with E-state index < -0.39 is 17.9 Å². The number of piperazine rings is 1. The van der Waals surface area contributed by atoms with Gasteiger partial charge in [0.15, 0.2) is 0 Å². The lowest BCUT2D eigenvalue weighted by Gasteiger charge is -2.36. The van der Waals surface area contributed by atoms with E-state index in [1.165, 1.54) is 19.3 Å². The van der Waals surface area contributed by atoms with Crippen molar-refractivity contribution in [3.8, 4) is 0 Å². The van der Waals surface area contributed by atoms with Crippen LogP contribution in [0.5, 0.6) is 0 Å². The molecule has 8 heteroatoms. The quantitative estimate of drug-likeness (QED) is 0.385. The number of hydrogen-bond donors (Lipinski definition) is 1. The second kappa shape index (κ2) is 10.5. The van der Waals surface area contributed by atoms with E-state index in [-0.39, 0.29) is 18.7 Å². The number of imide groups is 2. The highest BCUT2D eigenvalue weighted by Gasteiger charge is 2.35. The van der Waals surface area contributed by atoms with Gasteiger partial charge in [0.05, 0.1) is 0 Å². The number of piperidine rings is 1. The van der Waals surface area contributed by atoms with Crippen molar-refractivity contribution >= 4 is 29.8 Å². The van der Waals surface area contributed by atoms with Crippen LogP contribution < -0.4 is 10.2 Å². The summed E-state index contributed by atoms with van der Waals surface area (Å²) < 4.78 is 0. The summed E-state index contributed by atoms with van der Waals surface area (Å²) in [7, 11) is 0. The van der Waals surface area contributed by atoms with Crippen molar-refractivity contribution in [1.29, 1.82) is 0 Å². The van der Waals surface area contributed by atoms with Crippen LogP contribution in [0, 0.1) is 6.92 Å². The third kappa shape index (κ3) is 5.50. The van der Waals surface area contributed by atoms with Gasteiger partial charge < -0.3 is 4.90 Å². The van der Waals surface area contributed by atoms with Crippen LogP contribution in [0.3, 0.4) is 0 Å². The molecule has 0 aliphatic carbocycles. The molecule has 8 nitrogen and oxygen atoms in total. The normalized spacial score (nSPS) is 19.8. The molecule has 31 heavy (non-hydrogen) atoms. The number of rotatable bonds is 8. The molecule has 0 spiro atoms. The molecule has 1 aromatic carbocycles. The molecule has 1 N–H and O–H groups in total. The number of hydrogen-bond acceptors (Lipinski definition) is 6. The predicted molar refractivity (Wildman–Crippen MR) is 118 cm³/mol. The SMILES string of the molecule is CCCCCN1CCN(c2ccc(C)c(C(=O)N(C=O)C3CCC(=O)NC3=O)c2)CC1. The fourth-order valence-electron chi connectivity index (χ4n) is 4.20. The van der Waals surface area contributed by atoms with E-state index in [4.69, 9.17) is 0 Å². The van der Waals surface area contributed by atoms with Crippen molar-refractivity contribution in [2.24, 2.45) is 0 Å². The number of benzene rings is 1. The summed E-state index contributed by atoms with van der Waals surface area (Å²) in [6.45, 7) is 8.88. The number of nitrogens with zero attached hydrogens (tertiary/aromatic N) is 3. The number of amides is 4. The zero-order chi connectivity index (χ0) is 22.4. The molecule has 0 aromatic heterocycles. The first-order valence-corrected chi connectivity index (χ1v) is 11.1. The van der Waals surface area contributed by atoms with Crippen LogP contribution in [-0.4, -0.2) is 72.7 Å². The Balaban J connectivity index is 1.70. The Morgan fingerprint density at radius 1 is 1.19 bits per heavy atom. The number of anilines is 1. The molecule has 1 aromatic rings. The van der Waals surface area contributed by atoms with Crippen LogP contribution in [0.1, 0.15) is 54.9 Å². The molecule has 4 amide bonds. The van der Waals surface area contributed by atoms with Crippen molar-refractivity contribution in [3.63, 3.8) is 0 Å². The van der Waals surface area contributed by atoms with Gasteiger partial charge >= 0.3 is 0 Å². The van der Waals surface area contributed by atoms with Gasteiger partial charge in [-0.2, -0.15) is 0 Å². The van der Waals surface area contributed by atoms with E-state index in [1.807, 2.05) is 25.1 Å². The molecule has 2 aliphatic heterocycles.